The summed E-state index contributed by atoms with van der Waals surface area (Å²) in [6.45, 7) is 3.82. The predicted octanol–water partition coefficient (Wildman–Crippen LogP) is 1.71. The van der Waals surface area contributed by atoms with E-state index in [1.807, 2.05) is 25.2 Å². The maximum atomic E-state index is 11.2. The molecule has 0 radical (unpaired) electrons. The fourth-order valence-corrected chi connectivity index (χ4v) is 1.69. The van der Waals surface area contributed by atoms with Crippen molar-refractivity contribution in [3.8, 4) is 11.5 Å². The van der Waals surface area contributed by atoms with E-state index in [0.29, 0.717) is 26.2 Å². The van der Waals surface area contributed by atoms with E-state index in [1.165, 1.54) is 0 Å². The lowest BCUT2D eigenvalue weighted by molar-refractivity contribution is -0.121. The highest BCUT2D eigenvalue weighted by molar-refractivity contribution is 5.75. The third kappa shape index (κ3) is 5.48. The average Bonchev–Trinajstić information content (AvgIpc) is 2.47. The van der Waals surface area contributed by atoms with Gasteiger partial charge in [-0.25, -0.2) is 0 Å². The summed E-state index contributed by atoms with van der Waals surface area (Å²) in [6, 6.07) is 5.80. The van der Waals surface area contributed by atoms with Crippen molar-refractivity contribution in [2.75, 3.05) is 27.3 Å². The van der Waals surface area contributed by atoms with Gasteiger partial charge in [0.1, 0.15) is 11.5 Å². The van der Waals surface area contributed by atoms with Crippen molar-refractivity contribution < 1.29 is 14.3 Å². The van der Waals surface area contributed by atoms with Crippen LogP contribution < -0.4 is 20.1 Å². The molecule has 1 aromatic carbocycles. The molecule has 0 bridgehead atoms. The van der Waals surface area contributed by atoms with Crippen LogP contribution >= 0.6 is 0 Å². The molecule has 1 aromatic rings. The number of hydrogen-bond donors (Lipinski definition) is 2. The number of amides is 1. The Morgan fingerprint density at radius 2 is 2.00 bits per heavy atom. The van der Waals surface area contributed by atoms with Crippen LogP contribution in [0.3, 0.4) is 0 Å². The lowest BCUT2D eigenvalue weighted by atomic mass is 10.2. The average molecular weight is 280 g/mol. The Morgan fingerprint density at radius 3 is 2.65 bits per heavy atom. The maximum Gasteiger partial charge on any atom is 0.223 e. The van der Waals surface area contributed by atoms with Gasteiger partial charge in [-0.2, -0.15) is 0 Å². The Bertz CT molecular complexity index is 422. The van der Waals surface area contributed by atoms with Gasteiger partial charge in [0.25, 0.3) is 0 Å². The van der Waals surface area contributed by atoms with E-state index in [1.54, 1.807) is 7.05 Å². The third-order valence-electron chi connectivity index (χ3n) is 2.74. The molecular weight excluding hydrogens is 256 g/mol. The zero-order valence-electron chi connectivity index (χ0n) is 12.5. The second-order valence-electron chi connectivity index (χ2n) is 4.42. The lowest BCUT2D eigenvalue weighted by Gasteiger charge is -2.13. The molecule has 1 amide bonds. The third-order valence-corrected chi connectivity index (χ3v) is 2.74. The number of rotatable bonds is 9. The van der Waals surface area contributed by atoms with Crippen LogP contribution in [0.2, 0.25) is 0 Å². The molecule has 0 saturated carbocycles. The van der Waals surface area contributed by atoms with Crippen LogP contribution in [0.5, 0.6) is 11.5 Å². The highest BCUT2D eigenvalue weighted by atomic mass is 16.5. The van der Waals surface area contributed by atoms with Crippen LogP contribution in [-0.4, -0.2) is 33.2 Å². The van der Waals surface area contributed by atoms with E-state index < -0.39 is 0 Å². The van der Waals surface area contributed by atoms with Gasteiger partial charge in [-0.3, -0.25) is 4.79 Å². The van der Waals surface area contributed by atoms with Gasteiger partial charge in [-0.15, -0.1) is 0 Å². The molecule has 0 aliphatic heterocycles. The summed E-state index contributed by atoms with van der Waals surface area (Å²) in [5.41, 5.74) is 1.05. The number of hydrogen-bond acceptors (Lipinski definition) is 4. The molecule has 20 heavy (non-hydrogen) atoms. The minimum Gasteiger partial charge on any atom is -0.493 e. The molecule has 0 heterocycles. The molecule has 0 spiro atoms. The molecular formula is C15H24N2O3. The Kier molecular flexibility index (Phi) is 7.50. The quantitative estimate of drug-likeness (QED) is 0.723. The number of benzene rings is 1. The van der Waals surface area contributed by atoms with Gasteiger partial charge in [0.05, 0.1) is 19.6 Å². The highest BCUT2D eigenvalue weighted by Gasteiger charge is 2.07. The smallest absolute Gasteiger partial charge is 0.223 e. The van der Waals surface area contributed by atoms with Gasteiger partial charge in [0.15, 0.2) is 0 Å². The van der Waals surface area contributed by atoms with E-state index >= 15 is 0 Å². The van der Waals surface area contributed by atoms with E-state index in [4.69, 9.17) is 9.47 Å². The van der Waals surface area contributed by atoms with Crippen molar-refractivity contribution in [2.45, 2.75) is 26.3 Å². The molecule has 0 aliphatic carbocycles. The predicted molar refractivity (Wildman–Crippen MR) is 79.2 cm³/mol. The topological polar surface area (TPSA) is 59.6 Å². The van der Waals surface area contributed by atoms with Gasteiger partial charge >= 0.3 is 0 Å². The molecule has 0 aromatic heterocycles. The van der Waals surface area contributed by atoms with Gasteiger partial charge < -0.3 is 20.1 Å². The molecule has 0 saturated heterocycles. The van der Waals surface area contributed by atoms with Crippen molar-refractivity contribution in [1.29, 1.82) is 0 Å². The standard InChI is InChI=1S/C15H24N2O3/c1-4-8-19-13-6-5-12(11-16-2)14(10-13)20-9-7-15(18)17-3/h5-6,10,16H,4,7-9,11H2,1-3H3,(H,17,18). The van der Waals surface area contributed by atoms with Crippen molar-refractivity contribution in [3.05, 3.63) is 23.8 Å². The fraction of sp³-hybridized carbons (Fsp3) is 0.533. The highest BCUT2D eigenvalue weighted by Crippen LogP contribution is 2.25. The SMILES string of the molecule is CCCOc1ccc(CNC)c(OCCC(=O)NC)c1. The minimum absolute atomic E-state index is 0.0291. The van der Waals surface area contributed by atoms with E-state index in [2.05, 4.69) is 17.6 Å². The Morgan fingerprint density at radius 1 is 1.20 bits per heavy atom. The summed E-state index contributed by atoms with van der Waals surface area (Å²) in [4.78, 5) is 11.2. The summed E-state index contributed by atoms with van der Waals surface area (Å²) in [5.74, 6) is 1.53. The second kappa shape index (κ2) is 9.20. The number of nitrogens with one attached hydrogen (secondary N) is 2. The van der Waals surface area contributed by atoms with Gasteiger partial charge in [0.2, 0.25) is 5.91 Å². The first kappa shape index (κ1) is 16.3. The van der Waals surface area contributed by atoms with Crippen LogP contribution in [0, 0.1) is 0 Å². The Balaban J connectivity index is 2.69. The first-order valence-electron chi connectivity index (χ1n) is 6.95. The Labute approximate surface area is 120 Å². The van der Waals surface area contributed by atoms with Crippen molar-refractivity contribution in [3.63, 3.8) is 0 Å². The van der Waals surface area contributed by atoms with E-state index in [9.17, 15) is 4.79 Å². The molecule has 0 fully saturated rings. The second-order valence-corrected chi connectivity index (χ2v) is 4.42. The molecule has 1 rings (SSSR count). The van der Waals surface area contributed by atoms with Crippen LogP contribution in [0.25, 0.3) is 0 Å². The maximum absolute atomic E-state index is 11.2. The van der Waals surface area contributed by atoms with Gasteiger partial charge in [-0.05, 0) is 19.5 Å². The first-order valence-corrected chi connectivity index (χ1v) is 6.95. The lowest BCUT2D eigenvalue weighted by Crippen LogP contribution is -2.20. The molecule has 2 N–H and O–H groups in total. The van der Waals surface area contributed by atoms with Gasteiger partial charge in [0, 0.05) is 25.2 Å². The largest absolute Gasteiger partial charge is 0.493 e. The first-order chi connectivity index (χ1) is 9.71. The van der Waals surface area contributed by atoms with Crippen molar-refractivity contribution >= 4 is 5.91 Å². The van der Waals surface area contributed by atoms with Gasteiger partial charge in [-0.1, -0.05) is 13.0 Å². The number of carbonyl (C=O) groups is 1. The zero-order chi connectivity index (χ0) is 14.8. The summed E-state index contributed by atoms with van der Waals surface area (Å²) in [7, 11) is 3.50. The molecule has 0 atom stereocenters. The molecule has 0 aliphatic rings. The monoisotopic (exact) mass is 280 g/mol. The summed E-state index contributed by atoms with van der Waals surface area (Å²) in [6.07, 6.45) is 1.31. The number of ether oxygens (including phenoxy) is 2. The van der Waals surface area contributed by atoms with Crippen molar-refractivity contribution in [1.82, 2.24) is 10.6 Å². The molecule has 112 valence electrons. The normalized spacial score (nSPS) is 10.2. The number of carbonyl (C=O) groups excluding carboxylic acids is 1. The van der Waals surface area contributed by atoms with Crippen LogP contribution in [0.4, 0.5) is 0 Å². The molecule has 5 heteroatoms. The fourth-order valence-electron chi connectivity index (χ4n) is 1.69. The summed E-state index contributed by atoms with van der Waals surface area (Å²) in [5, 5.41) is 5.67. The van der Waals surface area contributed by atoms with Crippen LogP contribution in [-0.2, 0) is 11.3 Å². The molecule has 0 unspecified atom stereocenters. The van der Waals surface area contributed by atoms with Crippen LogP contribution in [0.1, 0.15) is 25.3 Å². The minimum atomic E-state index is -0.0291. The molecule has 5 nitrogen and oxygen atoms in total. The van der Waals surface area contributed by atoms with Crippen LogP contribution in [0.15, 0.2) is 18.2 Å². The summed E-state index contributed by atoms with van der Waals surface area (Å²) >= 11 is 0. The zero-order valence-corrected chi connectivity index (χ0v) is 12.5. The van der Waals surface area contributed by atoms with E-state index in [0.717, 1.165) is 23.5 Å². The Hall–Kier alpha value is -1.75. The van der Waals surface area contributed by atoms with E-state index in [-0.39, 0.29) is 5.91 Å². The van der Waals surface area contributed by atoms with Crippen molar-refractivity contribution in [2.24, 2.45) is 0 Å². The summed E-state index contributed by atoms with van der Waals surface area (Å²) < 4.78 is 11.3.